The standard InChI is InChI=1S/C20H21N7O/c1-28-15-5-2-4-13(10-15)12-21-19-17-6-3-9-27(17)26-20(23-19)22-18-11-16(24-25-18)14-7-8-14/h2-6,9-11,14H,7-8,12H2,1H3,(H3,21,22,23,24,25,26). The second kappa shape index (κ2) is 6.88. The topological polar surface area (TPSA) is 92.2 Å². The maximum Gasteiger partial charge on any atom is 0.248 e. The summed E-state index contributed by atoms with van der Waals surface area (Å²) in [7, 11) is 1.67. The summed E-state index contributed by atoms with van der Waals surface area (Å²) in [4.78, 5) is 4.66. The van der Waals surface area contributed by atoms with Gasteiger partial charge in [0, 0.05) is 30.4 Å². The van der Waals surface area contributed by atoms with E-state index in [0.29, 0.717) is 18.4 Å². The number of fused-ring (bicyclic) bond motifs is 1. The van der Waals surface area contributed by atoms with Gasteiger partial charge in [0.05, 0.1) is 7.11 Å². The summed E-state index contributed by atoms with van der Waals surface area (Å²) in [6, 6.07) is 13.9. The van der Waals surface area contributed by atoms with Gasteiger partial charge in [-0.3, -0.25) is 5.10 Å². The summed E-state index contributed by atoms with van der Waals surface area (Å²) in [5, 5.41) is 18.5. The molecule has 28 heavy (non-hydrogen) atoms. The Morgan fingerprint density at radius 2 is 2.14 bits per heavy atom. The predicted molar refractivity (Wildman–Crippen MR) is 107 cm³/mol. The molecule has 3 N–H and O–H groups in total. The van der Waals surface area contributed by atoms with Crippen LogP contribution in [-0.4, -0.2) is 31.9 Å². The summed E-state index contributed by atoms with van der Waals surface area (Å²) < 4.78 is 7.10. The van der Waals surface area contributed by atoms with Crippen molar-refractivity contribution in [3.63, 3.8) is 0 Å². The summed E-state index contributed by atoms with van der Waals surface area (Å²) in [5.74, 6) is 3.43. The van der Waals surface area contributed by atoms with Crippen LogP contribution < -0.4 is 15.4 Å². The molecule has 1 fully saturated rings. The molecular formula is C20H21N7O. The first-order valence-electron chi connectivity index (χ1n) is 9.33. The summed E-state index contributed by atoms with van der Waals surface area (Å²) >= 11 is 0. The number of hydrogen-bond donors (Lipinski definition) is 3. The SMILES string of the molecule is COc1cccc(CNc2nc(Nc3cc(C4CC4)[nH]n3)nn3cccc23)c1. The minimum Gasteiger partial charge on any atom is -0.497 e. The van der Waals surface area contributed by atoms with E-state index in [1.807, 2.05) is 48.7 Å². The van der Waals surface area contributed by atoms with Gasteiger partial charge in [-0.2, -0.15) is 10.1 Å². The first-order chi connectivity index (χ1) is 13.8. The largest absolute Gasteiger partial charge is 0.497 e. The van der Waals surface area contributed by atoms with Crippen LogP contribution in [0, 0.1) is 0 Å². The van der Waals surface area contributed by atoms with E-state index >= 15 is 0 Å². The van der Waals surface area contributed by atoms with Crippen LogP contribution in [0.25, 0.3) is 5.52 Å². The Labute approximate surface area is 162 Å². The fourth-order valence-corrected chi connectivity index (χ4v) is 3.20. The number of nitrogens with zero attached hydrogens (tertiary/aromatic N) is 4. The van der Waals surface area contributed by atoms with Crippen LogP contribution in [0.5, 0.6) is 5.75 Å². The molecule has 142 valence electrons. The van der Waals surface area contributed by atoms with Crippen LogP contribution in [0.15, 0.2) is 48.7 Å². The average Bonchev–Trinajstić information content (AvgIpc) is 3.28. The van der Waals surface area contributed by atoms with E-state index in [1.54, 1.807) is 11.6 Å². The van der Waals surface area contributed by atoms with Gasteiger partial charge in [-0.15, -0.1) is 5.10 Å². The fourth-order valence-electron chi connectivity index (χ4n) is 3.20. The summed E-state index contributed by atoms with van der Waals surface area (Å²) in [6.07, 6.45) is 4.36. The van der Waals surface area contributed by atoms with Crippen molar-refractivity contribution in [1.29, 1.82) is 0 Å². The van der Waals surface area contributed by atoms with Crippen molar-refractivity contribution in [3.8, 4) is 5.75 Å². The second-order valence-electron chi connectivity index (χ2n) is 6.93. The third-order valence-electron chi connectivity index (χ3n) is 4.84. The molecule has 0 spiro atoms. The number of H-pyrrole nitrogens is 1. The normalized spacial score (nSPS) is 13.6. The highest BCUT2D eigenvalue weighted by Crippen LogP contribution is 2.39. The molecule has 0 aliphatic heterocycles. The van der Waals surface area contributed by atoms with Gasteiger partial charge in [0.15, 0.2) is 11.6 Å². The van der Waals surface area contributed by atoms with Crippen molar-refractivity contribution in [3.05, 3.63) is 59.9 Å². The maximum atomic E-state index is 5.30. The smallest absolute Gasteiger partial charge is 0.248 e. The van der Waals surface area contributed by atoms with Gasteiger partial charge in [-0.25, -0.2) is 4.52 Å². The molecule has 1 saturated carbocycles. The third-order valence-corrected chi connectivity index (χ3v) is 4.84. The lowest BCUT2D eigenvalue weighted by Crippen LogP contribution is -2.08. The van der Waals surface area contributed by atoms with Gasteiger partial charge in [0.1, 0.15) is 11.3 Å². The maximum absolute atomic E-state index is 5.30. The Bertz CT molecular complexity index is 1110. The van der Waals surface area contributed by atoms with E-state index in [1.165, 1.54) is 18.5 Å². The van der Waals surface area contributed by atoms with Gasteiger partial charge in [0.2, 0.25) is 5.95 Å². The molecule has 5 rings (SSSR count). The highest BCUT2D eigenvalue weighted by Gasteiger charge is 2.25. The lowest BCUT2D eigenvalue weighted by Gasteiger charge is -2.10. The molecule has 1 aromatic carbocycles. The number of anilines is 3. The van der Waals surface area contributed by atoms with E-state index in [2.05, 4.69) is 30.9 Å². The zero-order valence-electron chi connectivity index (χ0n) is 15.5. The molecule has 3 aromatic heterocycles. The van der Waals surface area contributed by atoms with E-state index < -0.39 is 0 Å². The monoisotopic (exact) mass is 375 g/mol. The predicted octanol–water partition coefficient (Wildman–Crippen LogP) is 3.69. The van der Waals surface area contributed by atoms with E-state index in [0.717, 1.165) is 28.5 Å². The lowest BCUT2D eigenvalue weighted by atomic mass is 10.2. The van der Waals surface area contributed by atoms with Gasteiger partial charge in [-0.1, -0.05) is 12.1 Å². The molecule has 8 heteroatoms. The molecule has 4 aromatic rings. The van der Waals surface area contributed by atoms with Crippen LogP contribution >= 0.6 is 0 Å². The summed E-state index contributed by atoms with van der Waals surface area (Å²) in [5.41, 5.74) is 3.19. The van der Waals surface area contributed by atoms with Crippen molar-refractivity contribution < 1.29 is 4.74 Å². The first-order valence-corrected chi connectivity index (χ1v) is 9.33. The fraction of sp³-hybridized carbons (Fsp3) is 0.250. The van der Waals surface area contributed by atoms with E-state index in [4.69, 9.17) is 4.74 Å². The van der Waals surface area contributed by atoms with E-state index in [-0.39, 0.29) is 0 Å². The Morgan fingerprint density at radius 3 is 3.00 bits per heavy atom. The first kappa shape index (κ1) is 16.6. The number of methoxy groups -OCH3 is 1. The van der Waals surface area contributed by atoms with Gasteiger partial charge >= 0.3 is 0 Å². The third kappa shape index (κ3) is 3.36. The van der Waals surface area contributed by atoms with Crippen molar-refractivity contribution in [2.75, 3.05) is 17.7 Å². The van der Waals surface area contributed by atoms with Crippen LogP contribution in [0.1, 0.15) is 30.0 Å². The number of hydrogen-bond acceptors (Lipinski definition) is 6. The molecule has 0 atom stereocenters. The second-order valence-corrected chi connectivity index (χ2v) is 6.93. The zero-order chi connectivity index (χ0) is 18.9. The lowest BCUT2D eigenvalue weighted by molar-refractivity contribution is 0.414. The molecule has 1 aliphatic carbocycles. The highest BCUT2D eigenvalue weighted by atomic mass is 16.5. The van der Waals surface area contributed by atoms with Gasteiger partial charge in [0.25, 0.3) is 0 Å². The minimum atomic E-state index is 0.491. The minimum absolute atomic E-state index is 0.491. The molecule has 0 bridgehead atoms. The number of rotatable bonds is 7. The number of benzene rings is 1. The van der Waals surface area contributed by atoms with E-state index in [9.17, 15) is 0 Å². The van der Waals surface area contributed by atoms with Crippen molar-refractivity contribution >= 4 is 23.1 Å². The number of ether oxygens (including phenoxy) is 1. The number of aromatic nitrogens is 5. The Hall–Kier alpha value is -3.55. The van der Waals surface area contributed by atoms with Crippen LogP contribution in [0.4, 0.5) is 17.6 Å². The molecule has 0 amide bonds. The molecule has 1 aliphatic rings. The molecule has 0 saturated heterocycles. The van der Waals surface area contributed by atoms with Crippen LogP contribution in [-0.2, 0) is 6.54 Å². The molecule has 3 heterocycles. The Kier molecular flexibility index (Phi) is 4.08. The zero-order valence-corrected chi connectivity index (χ0v) is 15.5. The van der Waals surface area contributed by atoms with Gasteiger partial charge in [-0.05, 0) is 42.7 Å². The van der Waals surface area contributed by atoms with Crippen molar-refractivity contribution in [2.45, 2.75) is 25.3 Å². The molecule has 8 nitrogen and oxygen atoms in total. The number of aromatic amines is 1. The van der Waals surface area contributed by atoms with Crippen molar-refractivity contribution in [1.82, 2.24) is 24.8 Å². The highest BCUT2D eigenvalue weighted by molar-refractivity contribution is 5.69. The Morgan fingerprint density at radius 1 is 1.21 bits per heavy atom. The Balaban J connectivity index is 1.38. The molecule has 0 radical (unpaired) electrons. The molecule has 0 unspecified atom stereocenters. The van der Waals surface area contributed by atoms with Crippen molar-refractivity contribution in [2.24, 2.45) is 0 Å². The van der Waals surface area contributed by atoms with Gasteiger partial charge < -0.3 is 15.4 Å². The molecular weight excluding hydrogens is 354 g/mol. The summed E-state index contributed by atoms with van der Waals surface area (Å²) in [6.45, 7) is 0.628. The van der Waals surface area contributed by atoms with Crippen LogP contribution in [0.3, 0.4) is 0 Å². The average molecular weight is 375 g/mol. The quantitative estimate of drug-likeness (QED) is 0.456. The van der Waals surface area contributed by atoms with Crippen LogP contribution in [0.2, 0.25) is 0 Å². The number of nitrogens with one attached hydrogen (secondary N) is 3.